The first kappa shape index (κ1) is 23.3. The van der Waals surface area contributed by atoms with Crippen LogP contribution in [-0.2, 0) is 19.1 Å². The Morgan fingerprint density at radius 1 is 0.903 bits per heavy atom. The van der Waals surface area contributed by atoms with Crippen LogP contribution in [0.2, 0.25) is 0 Å². The van der Waals surface area contributed by atoms with Crippen LogP contribution in [0.4, 0.5) is 0 Å². The summed E-state index contributed by atoms with van der Waals surface area (Å²) in [4.78, 5) is 47.0. The van der Waals surface area contributed by atoms with E-state index in [1.165, 1.54) is 19.9 Å². The lowest BCUT2D eigenvalue weighted by Gasteiger charge is -2.11. The highest BCUT2D eigenvalue weighted by Crippen LogP contribution is 2.15. The summed E-state index contributed by atoms with van der Waals surface area (Å²) >= 11 is 0. The summed E-state index contributed by atoms with van der Waals surface area (Å²) in [6, 6.07) is 15.0. The van der Waals surface area contributed by atoms with Crippen molar-refractivity contribution in [3.05, 3.63) is 71.4 Å². The molecule has 0 spiro atoms. The number of carbonyl (C=O) groups is 4. The lowest BCUT2D eigenvalue weighted by Crippen LogP contribution is -2.35. The van der Waals surface area contributed by atoms with Gasteiger partial charge in [0.2, 0.25) is 0 Å². The molecule has 2 amide bonds. The highest BCUT2D eigenvalue weighted by atomic mass is 16.5. The van der Waals surface area contributed by atoms with Crippen LogP contribution in [-0.4, -0.2) is 36.9 Å². The fraction of sp³-hybridized carbons (Fsp3) is 0.217. The fourth-order valence-electron chi connectivity index (χ4n) is 2.49. The maximum atomic E-state index is 12.7. The number of ether oxygens (including phenoxy) is 2. The van der Waals surface area contributed by atoms with Gasteiger partial charge in [-0.15, -0.1) is 0 Å². The van der Waals surface area contributed by atoms with E-state index in [-0.39, 0.29) is 24.8 Å². The van der Waals surface area contributed by atoms with E-state index in [4.69, 9.17) is 9.47 Å². The Bertz CT molecular complexity index is 952. The van der Waals surface area contributed by atoms with Crippen LogP contribution in [0.3, 0.4) is 0 Å². The van der Waals surface area contributed by atoms with Gasteiger partial charge in [0, 0.05) is 26.0 Å². The Morgan fingerprint density at radius 3 is 2.19 bits per heavy atom. The summed E-state index contributed by atoms with van der Waals surface area (Å²) in [7, 11) is 0. The monoisotopic (exact) mass is 424 g/mol. The Morgan fingerprint density at radius 2 is 1.58 bits per heavy atom. The van der Waals surface area contributed by atoms with Crippen LogP contribution in [0.15, 0.2) is 60.3 Å². The molecule has 0 bridgehead atoms. The van der Waals surface area contributed by atoms with Gasteiger partial charge in [-0.3, -0.25) is 19.2 Å². The molecule has 0 radical (unpaired) electrons. The molecule has 2 aromatic carbocycles. The topological polar surface area (TPSA) is 111 Å². The maximum Gasteiger partial charge on any atom is 0.308 e. The Labute approximate surface area is 180 Å². The molecule has 2 rings (SSSR count). The van der Waals surface area contributed by atoms with E-state index in [1.807, 2.05) is 0 Å². The zero-order valence-corrected chi connectivity index (χ0v) is 17.3. The van der Waals surface area contributed by atoms with Crippen LogP contribution in [0.1, 0.15) is 36.2 Å². The zero-order chi connectivity index (χ0) is 22.6. The molecule has 2 aromatic rings. The summed E-state index contributed by atoms with van der Waals surface area (Å²) in [6.07, 6.45) is 1.95. The van der Waals surface area contributed by atoms with Gasteiger partial charge < -0.3 is 20.1 Å². The van der Waals surface area contributed by atoms with Gasteiger partial charge in [0.05, 0.1) is 6.61 Å². The molecule has 162 valence electrons. The molecule has 31 heavy (non-hydrogen) atoms. The zero-order valence-electron chi connectivity index (χ0n) is 17.3. The molecule has 8 heteroatoms. The summed E-state index contributed by atoms with van der Waals surface area (Å²) in [5.41, 5.74) is 1.07. The SMILES string of the molecule is CC(=O)OCCCNC(=O)C(=Cc1ccc(OC(C)=O)cc1)NC(=O)c1ccccc1. The molecule has 0 aliphatic heterocycles. The molecule has 0 heterocycles. The second kappa shape index (κ2) is 11.9. The van der Waals surface area contributed by atoms with Crippen molar-refractivity contribution in [2.24, 2.45) is 0 Å². The van der Waals surface area contributed by atoms with Crippen molar-refractivity contribution in [1.29, 1.82) is 0 Å². The third kappa shape index (κ3) is 8.53. The summed E-state index contributed by atoms with van der Waals surface area (Å²) in [5, 5.41) is 5.32. The summed E-state index contributed by atoms with van der Waals surface area (Å²) in [5.74, 6) is -1.38. The normalized spacial score (nSPS) is 10.7. The van der Waals surface area contributed by atoms with Crippen molar-refractivity contribution in [2.45, 2.75) is 20.3 Å². The van der Waals surface area contributed by atoms with Gasteiger partial charge in [0.1, 0.15) is 11.4 Å². The first-order chi connectivity index (χ1) is 14.8. The second-order valence-electron chi connectivity index (χ2n) is 6.49. The van der Waals surface area contributed by atoms with Crippen molar-refractivity contribution in [2.75, 3.05) is 13.2 Å². The molecule has 0 aliphatic rings. The lowest BCUT2D eigenvalue weighted by molar-refractivity contribution is -0.141. The van der Waals surface area contributed by atoms with E-state index in [0.717, 1.165) is 0 Å². The number of hydrogen-bond donors (Lipinski definition) is 2. The molecule has 0 fully saturated rings. The molecule has 0 unspecified atom stereocenters. The number of carbonyl (C=O) groups excluding carboxylic acids is 4. The van der Waals surface area contributed by atoms with Crippen molar-refractivity contribution in [1.82, 2.24) is 10.6 Å². The fourth-order valence-corrected chi connectivity index (χ4v) is 2.49. The Hall–Kier alpha value is -3.94. The quantitative estimate of drug-likeness (QED) is 0.277. The van der Waals surface area contributed by atoms with E-state index >= 15 is 0 Å². The van der Waals surface area contributed by atoms with Gasteiger partial charge >= 0.3 is 11.9 Å². The lowest BCUT2D eigenvalue weighted by atomic mass is 10.1. The number of hydrogen-bond acceptors (Lipinski definition) is 6. The van der Waals surface area contributed by atoms with Crippen molar-refractivity contribution < 1.29 is 28.7 Å². The van der Waals surface area contributed by atoms with E-state index < -0.39 is 17.8 Å². The van der Waals surface area contributed by atoms with Crippen LogP contribution in [0, 0.1) is 0 Å². The molecular weight excluding hydrogens is 400 g/mol. The number of nitrogens with one attached hydrogen (secondary N) is 2. The van der Waals surface area contributed by atoms with Crippen molar-refractivity contribution in [3.63, 3.8) is 0 Å². The Kier molecular flexibility index (Phi) is 8.97. The third-order valence-corrected chi connectivity index (χ3v) is 3.89. The average molecular weight is 424 g/mol. The van der Waals surface area contributed by atoms with E-state index in [9.17, 15) is 19.2 Å². The van der Waals surface area contributed by atoms with E-state index in [0.29, 0.717) is 23.3 Å². The molecule has 2 N–H and O–H groups in total. The number of esters is 2. The smallest absolute Gasteiger partial charge is 0.308 e. The maximum absolute atomic E-state index is 12.7. The van der Waals surface area contributed by atoms with Gasteiger partial charge in [0.25, 0.3) is 11.8 Å². The molecule has 0 aliphatic carbocycles. The van der Waals surface area contributed by atoms with Crippen LogP contribution in [0.25, 0.3) is 6.08 Å². The first-order valence-corrected chi connectivity index (χ1v) is 9.63. The predicted octanol–water partition coefficient (Wildman–Crippen LogP) is 2.45. The standard InChI is InChI=1S/C23H24N2O6/c1-16(26)30-14-6-13-24-23(29)21(25-22(28)19-7-4-3-5-8-19)15-18-9-11-20(12-10-18)31-17(2)27/h3-5,7-12,15H,6,13-14H2,1-2H3,(H,24,29)(H,25,28). The average Bonchev–Trinajstić information content (AvgIpc) is 2.74. The van der Waals surface area contributed by atoms with Crippen molar-refractivity contribution in [3.8, 4) is 5.75 Å². The molecule has 0 aromatic heterocycles. The Balaban J connectivity index is 2.13. The molecule has 8 nitrogen and oxygen atoms in total. The highest BCUT2D eigenvalue weighted by Gasteiger charge is 2.14. The number of amides is 2. The van der Waals surface area contributed by atoms with Gasteiger partial charge in [-0.2, -0.15) is 0 Å². The minimum absolute atomic E-state index is 0.0431. The van der Waals surface area contributed by atoms with Gasteiger partial charge in [0.15, 0.2) is 0 Å². The molecular formula is C23H24N2O6. The summed E-state index contributed by atoms with van der Waals surface area (Å²) in [6.45, 7) is 3.06. The second-order valence-corrected chi connectivity index (χ2v) is 6.49. The van der Waals surface area contributed by atoms with Gasteiger partial charge in [-0.1, -0.05) is 30.3 Å². The number of rotatable bonds is 9. The van der Waals surface area contributed by atoms with Crippen LogP contribution >= 0.6 is 0 Å². The van der Waals surface area contributed by atoms with E-state index in [2.05, 4.69) is 10.6 Å². The van der Waals surface area contributed by atoms with Gasteiger partial charge in [-0.05, 0) is 42.3 Å². The van der Waals surface area contributed by atoms with Gasteiger partial charge in [-0.25, -0.2) is 0 Å². The molecule has 0 atom stereocenters. The minimum Gasteiger partial charge on any atom is -0.466 e. The van der Waals surface area contributed by atoms with E-state index in [1.54, 1.807) is 54.6 Å². The van der Waals surface area contributed by atoms with Crippen LogP contribution < -0.4 is 15.4 Å². The molecule has 0 saturated heterocycles. The largest absolute Gasteiger partial charge is 0.466 e. The molecule has 0 saturated carbocycles. The first-order valence-electron chi connectivity index (χ1n) is 9.63. The minimum atomic E-state index is -0.490. The van der Waals surface area contributed by atoms with Crippen molar-refractivity contribution >= 4 is 29.8 Å². The van der Waals surface area contributed by atoms with Crippen LogP contribution in [0.5, 0.6) is 5.75 Å². The third-order valence-electron chi connectivity index (χ3n) is 3.89. The summed E-state index contributed by atoms with van der Waals surface area (Å²) < 4.78 is 9.82. The number of benzene rings is 2. The predicted molar refractivity (Wildman–Crippen MR) is 114 cm³/mol. The highest BCUT2D eigenvalue weighted by molar-refractivity contribution is 6.05.